The fraction of sp³-hybridized carbons (Fsp3) is 1.00. The summed E-state index contributed by atoms with van der Waals surface area (Å²) in [6.45, 7) is 2.44. The Labute approximate surface area is 49.3 Å². The molecule has 0 spiro atoms. The monoisotopic (exact) mass is 157 g/mol. The lowest BCUT2D eigenvalue weighted by Crippen LogP contribution is -2.02. The maximum Gasteiger partial charge on any atom is 0.0179 e. The minimum atomic E-state index is 0. The topological polar surface area (TPSA) is 32.3 Å². The minimum Gasteiger partial charge on any atom is -0.317 e. The van der Waals surface area contributed by atoms with Crippen molar-refractivity contribution in [3.05, 3.63) is 0 Å². The van der Waals surface area contributed by atoms with Gasteiger partial charge in [0.25, 0.3) is 0 Å². The van der Waals surface area contributed by atoms with E-state index in [0.29, 0.717) is 6.54 Å². The van der Waals surface area contributed by atoms with Gasteiger partial charge in [-0.1, -0.05) is 14.4 Å². The van der Waals surface area contributed by atoms with Crippen LogP contribution in [0.4, 0.5) is 0 Å². The molecule has 0 saturated heterocycles. The Morgan fingerprint density at radius 1 is 1.67 bits per heavy atom. The Morgan fingerprint density at radius 3 is 1.83 bits per heavy atom. The number of rotatable bonds is 1. The summed E-state index contributed by atoms with van der Waals surface area (Å²) in [5, 5.41) is 7.62. The molecule has 0 aliphatic carbocycles. The van der Waals surface area contributed by atoms with E-state index >= 15 is 0 Å². The number of hydrogen-bond acceptors (Lipinski definition) is 2. The molecular weight excluding hydrogens is 146 g/mol. The van der Waals surface area contributed by atoms with Crippen molar-refractivity contribution >= 4 is 17.0 Å². The second-order valence-corrected chi connectivity index (χ2v) is 0.512. The second-order valence-electron chi connectivity index (χ2n) is 0.512. The van der Waals surface area contributed by atoms with E-state index in [1.807, 2.05) is 12.4 Å². The molecule has 0 rings (SSSR count). The van der Waals surface area contributed by atoms with Crippen molar-refractivity contribution in [1.82, 2.24) is 5.48 Å². The van der Waals surface area contributed by atoms with E-state index < -0.39 is 0 Å². The summed E-state index contributed by atoms with van der Waals surface area (Å²) in [6, 6.07) is 0. The van der Waals surface area contributed by atoms with E-state index in [-0.39, 0.29) is 24.4 Å². The first-order chi connectivity index (χ1) is 1.91. The summed E-state index contributed by atoms with van der Waals surface area (Å²) in [7, 11) is 0. The summed E-state index contributed by atoms with van der Waals surface area (Å²) in [5.41, 5.74) is 1.93. The molecule has 3 heteroatoms. The van der Waals surface area contributed by atoms with Crippen molar-refractivity contribution in [3.63, 3.8) is 0 Å². The number of hydroxylamine groups is 1. The molecule has 2 N–H and O–H groups in total. The van der Waals surface area contributed by atoms with Gasteiger partial charge in [0.1, 0.15) is 0 Å². The maximum absolute atomic E-state index is 7.62. The Hall–Kier alpha value is 0.400. The van der Waals surface area contributed by atoms with Crippen LogP contribution in [0.25, 0.3) is 0 Å². The highest BCUT2D eigenvalue weighted by molar-refractivity contribution is 8.93. The van der Waals surface area contributed by atoms with E-state index in [1.54, 1.807) is 0 Å². The molecular formula is C3H12BrNO. The Balaban J connectivity index is -0.0000000450. The third-order valence-electron chi connectivity index (χ3n) is 0.158. The largest absolute Gasteiger partial charge is 0.317 e. The van der Waals surface area contributed by atoms with Gasteiger partial charge < -0.3 is 5.21 Å². The molecule has 0 amide bonds. The molecule has 0 aliphatic heterocycles. The van der Waals surface area contributed by atoms with Gasteiger partial charge >= 0.3 is 0 Å². The predicted octanol–water partition coefficient (Wildman–Crippen LogP) is 1.20. The average Bonchev–Trinajstić information content (AvgIpc) is 1.37. The van der Waals surface area contributed by atoms with Crippen molar-refractivity contribution in [1.29, 1.82) is 0 Å². The van der Waals surface area contributed by atoms with Crippen LogP contribution < -0.4 is 5.48 Å². The molecule has 2 nitrogen and oxygen atoms in total. The van der Waals surface area contributed by atoms with Crippen LogP contribution in [-0.4, -0.2) is 11.8 Å². The first kappa shape index (κ1) is 16.1. The van der Waals surface area contributed by atoms with Crippen LogP contribution in [0.5, 0.6) is 0 Å². The first-order valence-electron chi connectivity index (χ1n) is 1.28. The molecule has 0 aromatic heterocycles. The molecule has 0 saturated carbocycles. The molecule has 0 unspecified atom stereocenters. The minimum absolute atomic E-state index is 0. The van der Waals surface area contributed by atoms with E-state index in [2.05, 4.69) is 0 Å². The predicted molar refractivity (Wildman–Crippen MR) is 32.5 cm³/mol. The number of halogens is 1. The summed E-state index contributed by atoms with van der Waals surface area (Å²) in [4.78, 5) is 0. The third-order valence-corrected chi connectivity index (χ3v) is 0.158. The molecule has 42 valence electrons. The van der Waals surface area contributed by atoms with E-state index in [1.165, 1.54) is 0 Å². The molecule has 0 atom stereocenters. The zero-order valence-corrected chi connectivity index (χ0v) is 4.78. The summed E-state index contributed by atoms with van der Waals surface area (Å²) in [5.74, 6) is 0. The Kier molecular flexibility index (Phi) is 48.8. The van der Waals surface area contributed by atoms with Gasteiger partial charge in [0.2, 0.25) is 0 Å². The zero-order valence-electron chi connectivity index (χ0n) is 3.06. The average molecular weight is 158 g/mol. The normalized spacial score (nSPS) is 5.00. The molecule has 0 heterocycles. The van der Waals surface area contributed by atoms with Gasteiger partial charge in [-0.2, -0.15) is 0 Å². The fourth-order valence-corrected chi connectivity index (χ4v) is 0. The lowest BCUT2D eigenvalue weighted by atomic mass is 10.8. The standard InChI is InChI=1S/C2H7NO.CH4.BrH/c1-2-3-4;;/h3-4H,2H2,1H3;1H4;1H. The van der Waals surface area contributed by atoms with Crippen LogP contribution in [0.15, 0.2) is 0 Å². The number of nitrogens with one attached hydrogen (secondary N) is 1. The quantitative estimate of drug-likeness (QED) is 0.562. The summed E-state index contributed by atoms with van der Waals surface area (Å²) < 4.78 is 0. The van der Waals surface area contributed by atoms with Crippen molar-refractivity contribution in [2.24, 2.45) is 0 Å². The highest BCUT2D eigenvalue weighted by atomic mass is 79.9. The third kappa shape index (κ3) is 26.0. The molecule has 0 radical (unpaired) electrons. The van der Waals surface area contributed by atoms with Crippen LogP contribution >= 0.6 is 17.0 Å². The Bertz CT molecular complexity index is 12.8. The molecule has 0 aromatic rings. The highest BCUT2D eigenvalue weighted by Gasteiger charge is 1.51. The molecule has 6 heavy (non-hydrogen) atoms. The highest BCUT2D eigenvalue weighted by Crippen LogP contribution is 1.34. The van der Waals surface area contributed by atoms with Gasteiger partial charge in [-0.3, -0.25) is 0 Å². The SMILES string of the molecule is Br.C.CCNO. The molecule has 0 fully saturated rings. The van der Waals surface area contributed by atoms with Crippen molar-refractivity contribution in [3.8, 4) is 0 Å². The van der Waals surface area contributed by atoms with Crippen LogP contribution in [-0.2, 0) is 0 Å². The van der Waals surface area contributed by atoms with Crippen LogP contribution in [0.2, 0.25) is 0 Å². The Morgan fingerprint density at radius 2 is 1.83 bits per heavy atom. The van der Waals surface area contributed by atoms with Gasteiger partial charge in [0.15, 0.2) is 0 Å². The zero-order chi connectivity index (χ0) is 3.41. The summed E-state index contributed by atoms with van der Waals surface area (Å²) in [6.07, 6.45) is 0. The van der Waals surface area contributed by atoms with Gasteiger partial charge in [-0.25, -0.2) is 5.48 Å². The van der Waals surface area contributed by atoms with Crippen LogP contribution in [0, 0.1) is 0 Å². The summed E-state index contributed by atoms with van der Waals surface area (Å²) >= 11 is 0. The van der Waals surface area contributed by atoms with Gasteiger partial charge in [-0.05, 0) is 0 Å². The molecule has 0 bridgehead atoms. The van der Waals surface area contributed by atoms with Crippen molar-refractivity contribution < 1.29 is 5.21 Å². The maximum atomic E-state index is 7.62. The second kappa shape index (κ2) is 18.2. The first-order valence-corrected chi connectivity index (χ1v) is 1.28. The van der Waals surface area contributed by atoms with Crippen LogP contribution in [0.3, 0.4) is 0 Å². The van der Waals surface area contributed by atoms with Crippen LogP contribution in [0.1, 0.15) is 14.4 Å². The van der Waals surface area contributed by atoms with E-state index in [0.717, 1.165) is 0 Å². The molecule has 0 aliphatic rings. The van der Waals surface area contributed by atoms with E-state index in [4.69, 9.17) is 5.21 Å². The van der Waals surface area contributed by atoms with Crippen molar-refractivity contribution in [2.75, 3.05) is 6.54 Å². The van der Waals surface area contributed by atoms with Gasteiger partial charge in [-0.15, -0.1) is 17.0 Å². The molecule has 0 aromatic carbocycles. The lowest BCUT2D eigenvalue weighted by Gasteiger charge is -1.75. The fourth-order valence-electron chi connectivity index (χ4n) is 0. The lowest BCUT2D eigenvalue weighted by molar-refractivity contribution is 0.173. The van der Waals surface area contributed by atoms with Gasteiger partial charge in [0.05, 0.1) is 0 Å². The van der Waals surface area contributed by atoms with E-state index in [9.17, 15) is 0 Å². The smallest absolute Gasteiger partial charge is 0.0179 e. The van der Waals surface area contributed by atoms with Crippen molar-refractivity contribution in [2.45, 2.75) is 14.4 Å². The number of hydrogen-bond donors (Lipinski definition) is 2. The van der Waals surface area contributed by atoms with Gasteiger partial charge in [0, 0.05) is 6.54 Å².